The van der Waals surface area contributed by atoms with Crippen molar-refractivity contribution in [2.45, 2.75) is 13.0 Å². The number of nitrogen functional groups attached to an aromatic ring is 1. The number of rotatable bonds is 8. The third-order valence-electron chi connectivity index (χ3n) is 6.16. The van der Waals surface area contributed by atoms with Crippen molar-refractivity contribution in [2.24, 2.45) is 4.99 Å². The van der Waals surface area contributed by atoms with E-state index in [2.05, 4.69) is 20.6 Å². The fraction of sp³-hybridized carbons (Fsp3) is 0.161. The Kier molecular flexibility index (Phi) is 10.8. The van der Waals surface area contributed by atoms with E-state index in [-0.39, 0.29) is 18.4 Å². The molecular weight excluding hydrogens is 569 g/mol. The highest BCUT2D eigenvalue weighted by Gasteiger charge is 2.16. The zero-order valence-electron chi connectivity index (χ0n) is 23.3. The molecule has 0 unspecified atom stereocenters. The first kappa shape index (κ1) is 30.4. The number of amides is 2. The largest absolute Gasteiger partial charge is 0.396 e. The Morgan fingerprint density at radius 2 is 1.90 bits per heavy atom. The maximum Gasteiger partial charge on any atom is 0.268 e. The molecule has 3 heterocycles. The van der Waals surface area contributed by atoms with E-state index in [9.17, 15) is 9.59 Å². The van der Waals surface area contributed by atoms with Gasteiger partial charge in [-0.3, -0.25) is 19.1 Å². The molecule has 0 aliphatic carbocycles. The quantitative estimate of drug-likeness (QED) is 0.198. The zero-order valence-corrected chi connectivity index (χ0v) is 24.9. The first-order valence-electron chi connectivity index (χ1n) is 13.1. The second-order valence-electron chi connectivity index (χ2n) is 9.00. The van der Waals surface area contributed by atoms with Gasteiger partial charge < -0.3 is 21.5 Å². The predicted molar refractivity (Wildman–Crippen MR) is 171 cm³/mol. The van der Waals surface area contributed by atoms with Crippen molar-refractivity contribution in [3.05, 3.63) is 111 Å². The summed E-state index contributed by atoms with van der Waals surface area (Å²) in [6.45, 7) is 0.571. The normalized spacial score (nSPS) is 11.6. The second-order valence-corrected chi connectivity index (χ2v) is 10.8. The summed E-state index contributed by atoms with van der Waals surface area (Å²) in [4.78, 5) is 34.3. The van der Waals surface area contributed by atoms with Crippen molar-refractivity contribution in [3.8, 4) is 0 Å². The lowest BCUT2D eigenvalue weighted by Crippen LogP contribution is -2.35. The molecule has 5 rings (SSSR count). The molecule has 0 bridgehead atoms. The number of benzene rings is 2. The fourth-order valence-corrected chi connectivity index (χ4v) is 5.55. The van der Waals surface area contributed by atoms with Crippen LogP contribution in [0.3, 0.4) is 0 Å². The predicted octanol–water partition coefficient (Wildman–Crippen LogP) is 4.17. The molecule has 2 aromatic carbocycles. The third-order valence-corrected chi connectivity index (χ3v) is 7.70. The smallest absolute Gasteiger partial charge is 0.268 e. The minimum absolute atomic E-state index is 0.240. The second kappa shape index (κ2) is 14.9. The van der Waals surface area contributed by atoms with Gasteiger partial charge in [0, 0.05) is 33.4 Å². The third kappa shape index (κ3) is 7.78. The average Bonchev–Trinajstić information content (AvgIpc) is 3.67. The highest BCUT2D eigenvalue weighted by atomic mass is 32.1. The standard InChI is InChI=1S/C23H22N6O2S2.C8H10O/c1-25-20-16(21(30)27-12-14-5-6-17-19(11-14)33-23(24)28-17)4-3-8-29(20)18(22(31)26-2)10-15-7-9-32-13-15;9-7-6-8-4-2-1-3-5-8/h3-11,13H,12H2,1-2H3,(H2,24,28)(H,26,31)(H,27,30);1-5,9H,6-7H2/b18-10+,25-20?;. The Bertz CT molecular complexity index is 1740. The van der Waals surface area contributed by atoms with Crippen molar-refractivity contribution in [1.82, 2.24) is 20.2 Å². The molecule has 2 amide bonds. The Labute approximate surface area is 251 Å². The van der Waals surface area contributed by atoms with Crippen LogP contribution in [0.1, 0.15) is 27.0 Å². The number of hydrogen-bond acceptors (Lipinski definition) is 8. The number of aromatic nitrogens is 2. The summed E-state index contributed by atoms with van der Waals surface area (Å²) in [6.07, 6.45) is 4.25. The van der Waals surface area contributed by atoms with Gasteiger partial charge in [0.1, 0.15) is 11.2 Å². The number of fused-ring (bicyclic) bond motifs is 1. The lowest BCUT2D eigenvalue weighted by Gasteiger charge is -2.14. The van der Waals surface area contributed by atoms with Crippen LogP contribution in [-0.2, 0) is 17.8 Å². The van der Waals surface area contributed by atoms with Gasteiger partial charge in [-0.05, 0) is 70.3 Å². The monoisotopic (exact) mass is 600 g/mol. The summed E-state index contributed by atoms with van der Waals surface area (Å²) in [5, 5.41) is 18.5. The Balaban J connectivity index is 0.000000385. The molecule has 0 saturated heterocycles. The van der Waals surface area contributed by atoms with E-state index in [1.165, 1.54) is 28.2 Å². The molecule has 11 heteroatoms. The van der Waals surface area contributed by atoms with Crippen LogP contribution in [-0.4, -0.2) is 47.2 Å². The van der Waals surface area contributed by atoms with Crippen LogP contribution < -0.4 is 21.9 Å². The number of pyridine rings is 1. The molecule has 5 aromatic rings. The number of anilines is 1. The number of carbonyl (C=O) groups is 2. The maximum atomic E-state index is 13.1. The van der Waals surface area contributed by atoms with Crippen molar-refractivity contribution in [1.29, 1.82) is 0 Å². The first-order chi connectivity index (χ1) is 20.4. The Hall–Kier alpha value is -4.58. The van der Waals surface area contributed by atoms with Gasteiger partial charge in [0.25, 0.3) is 11.8 Å². The minimum Gasteiger partial charge on any atom is -0.396 e. The van der Waals surface area contributed by atoms with Gasteiger partial charge in [-0.2, -0.15) is 11.3 Å². The van der Waals surface area contributed by atoms with Gasteiger partial charge in [0.05, 0.1) is 15.8 Å². The molecular formula is C31H32N6O3S2. The number of thiophene rings is 1. The highest BCUT2D eigenvalue weighted by Crippen LogP contribution is 2.24. The van der Waals surface area contributed by atoms with Crippen LogP contribution in [0.2, 0.25) is 0 Å². The van der Waals surface area contributed by atoms with Gasteiger partial charge in [-0.15, -0.1) is 0 Å². The molecule has 0 radical (unpaired) electrons. The minimum atomic E-state index is -0.291. The van der Waals surface area contributed by atoms with Gasteiger partial charge in [0.2, 0.25) is 0 Å². The number of likely N-dealkylation sites (N-methyl/N-ethyl adjacent to an activating group) is 1. The van der Waals surface area contributed by atoms with Gasteiger partial charge in [-0.25, -0.2) is 4.98 Å². The summed E-state index contributed by atoms with van der Waals surface area (Å²) >= 11 is 2.94. The fourth-order valence-electron chi connectivity index (χ4n) is 4.14. The van der Waals surface area contributed by atoms with E-state index in [0.29, 0.717) is 28.4 Å². The van der Waals surface area contributed by atoms with E-state index in [1.807, 2.05) is 65.4 Å². The van der Waals surface area contributed by atoms with Crippen LogP contribution in [0.5, 0.6) is 0 Å². The summed E-state index contributed by atoms with van der Waals surface area (Å²) in [5.41, 5.74) is 10.7. The van der Waals surface area contributed by atoms with Crippen molar-refractivity contribution >= 4 is 61.6 Å². The molecule has 0 saturated carbocycles. The maximum absolute atomic E-state index is 13.1. The number of nitrogens with one attached hydrogen (secondary N) is 2. The van der Waals surface area contributed by atoms with E-state index in [4.69, 9.17) is 10.8 Å². The number of nitrogens with two attached hydrogens (primary N) is 1. The van der Waals surface area contributed by atoms with Gasteiger partial charge in [0.15, 0.2) is 5.13 Å². The lowest BCUT2D eigenvalue weighted by molar-refractivity contribution is -0.115. The molecule has 0 aliphatic rings. The van der Waals surface area contributed by atoms with Crippen LogP contribution in [0.4, 0.5) is 5.13 Å². The summed E-state index contributed by atoms with van der Waals surface area (Å²) in [7, 11) is 3.16. The highest BCUT2D eigenvalue weighted by molar-refractivity contribution is 7.22. The van der Waals surface area contributed by atoms with Gasteiger partial charge >= 0.3 is 0 Å². The van der Waals surface area contributed by atoms with E-state index >= 15 is 0 Å². The average molecular weight is 601 g/mol. The van der Waals surface area contributed by atoms with Crippen molar-refractivity contribution in [2.75, 3.05) is 26.4 Å². The molecule has 9 nitrogen and oxygen atoms in total. The van der Waals surface area contributed by atoms with Crippen LogP contribution in [0.15, 0.2) is 88.7 Å². The molecule has 216 valence electrons. The number of aliphatic hydroxyl groups excluding tert-OH is 1. The number of aliphatic hydroxyl groups is 1. The zero-order chi connectivity index (χ0) is 29.9. The van der Waals surface area contributed by atoms with Crippen LogP contribution in [0.25, 0.3) is 22.0 Å². The molecule has 0 aliphatic heterocycles. The Morgan fingerprint density at radius 3 is 2.60 bits per heavy atom. The SMILES string of the molecule is CN=c1c(C(=O)NCc2ccc3nc(N)sc3c2)cccn1/C(=C/c1ccsc1)C(=O)NC.OCCc1ccccc1. The molecule has 0 spiro atoms. The first-order valence-corrected chi connectivity index (χ1v) is 14.9. The molecule has 0 fully saturated rings. The summed E-state index contributed by atoms with van der Waals surface area (Å²) in [6, 6.07) is 21.0. The number of nitrogens with zero attached hydrogens (tertiary/aromatic N) is 3. The van der Waals surface area contributed by atoms with E-state index in [0.717, 1.165) is 27.8 Å². The van der Waals surface area contributed by atoms with Crippen LogP contribution in [0, 0.1) is 0 Å². The molecule has 3 aromatic heterocycles. The molecule has 42 heavy (non-hydrogen) atoms. The summed E-state index contributed by atoms with van der Waals surface area (Å²) < 4.78 is 2.59. The molecule has 5 N–H and O–H groups in total. The van der Waals surface area contributed by atoms with E-state index < -0.39 is 0 Å². The number of thiazole rings is 1. The van der Waals surface area contributed by atoms with Crippen molar-refractivity contribution < 1.29 is 14.7 Å². The summed E-state index contributed by atoms with van der Waals surface area (Å²) in [5.74, 6) is -0.577. The van der Waals surface area contributed by atoms with Gasteiger partial charge in [-0.1, -0.05) is 47.7 Å². The topological polar surface area (TPSA) is 135 Å². The Morgan fingerprint density at radius 1 is 1.10 bits per heavy atom. The number of hydrogen-bond donors (Lipinski definition) is 4. The lowest BCUT2D eigenvalue weighted by atomic mass is 10.2. The van der Waals surface area contributed by atoms with E-state index in [1.54, 1.807) is 43.1 Å². The van der Waals surface area contributed by atoms with Crippen LogP contribution >= 0.6 is 22.7 Å². The molecule has 0 atom stereocenters. The number of carbonyl (C=O) groups excluding carboxylic acids is 2. The van der Waals surface area contributed by atoms with Crippen molar-refractivity contribution in [3.63, 3.8) is 0 Å².